The van der Waals surface area contributed by atoms with Gasteiger partial charge in [-0.25, -0.2) is 15.0 Å². The third-order valence-electron chi connectivity index (χ3n) is 4.37. The first-order valence-corrected chi connectivity index (χ1v) is 9.83. The largest absolute Gasteiger partial charge is 0.347 e. The number of hydrogen-bond acceptors (Lipinski definition) is 6. The first kappa shape index (κ1) is 17.6. The summed E-state index contributed by atoms with van der Waals surface area (Å²) in [5.41, 5.74) is 1.98. The van der Waals surface area contributed by atoms with E-state index in [-0.39, 0.29) is 17.9 Å². The Labute approximate surface area is 162 Å². The summed E-state index contributed by atoms with van der Waals surface area (Å²) in [6, 6.07) is 9.67. The van der Waals surface area contributed by atoms with Crippen LogP contribution in [0.3, 0.4) is 0 Å². The zero-order valence-electron chi connectivity index (χ0n) is 15.3. The van der Waals surface area contributed by atoms with Gasteiger partial charge in [-0.3, -0.25) is 4.79 Å². The van der Waals surface area contributed by atoms with E-state index >= 15 is 0 Å². The molecule has 1 aliphatic rings. The zero-order valence-corrected chi connectivity index (χ0v) is 16.1. The Kier molecular flexibility index (Phi) is 4.85. The van der Waals surface area contributed by atoms with Crippen molar-refractivity contribution in [2.24, 2.45) is 5.92 Å². The summed E-state index contributed by atoms with van der Waals surface area (Å²) in [6.45, 7) is 4.00. The van der Waals surface area contributed by atoms with Crippen molar-refractivity contribution in [2.75, 3.05) is 5.32 Å². The summed E-state index contributed by atoms with van der Waals surface area (Å²) in [5.74, 6) is 1.83. The van der Waals surface area contributed by atoms with Crippen LogP contribution >= 0.6 is 11.3 Å². The van der Waals surface area contributed by atoms with Gasteiger partial charge in [0.15, 0.2) is 0 Å². The quantitative estimate of drug-likeness (QED) is 0.670. The number of aryl methyl sites for hydroxylation is 1. The second-order valence-electron chi connectivity index (χ2n) is 6.82. The van der Waals surface area contributed by atoms with Crippen molar-refractivity contribution in [3.8, 4) is 10.6 Å². The number of hydrogen-bond donors (Lipinski definition) is 2. The Bertz CT molecular complexity index is 966. The van der Waals surface area contributed by atoms with Gasteiger partial charge in [0.2, 0.25) is 5.91 Å². The molecule has 0 radical (unpaired) electrons. The summed E-state index contributed by atoms with van der Waals surface area (Å²) < 4.78 is 0. The predicted molar refractivity (Wildman–Crippen MR) is 107 cm³/mol. The average molecular weight is 379 g/mol. The van der Waals surface area contributed by atoms with Crippen molar-refractivity contribution in [2.45, 2.75) is 32.7 Å². The molecule has 1 aliphatic carbocycles. The van der Waals surface area contributed by atoms with E-state index < -0.39 is 0 Å². The van der Waals surface area contributed by atoms with Crippen molar-refractivity contribution >= 4 is 28.9 Å². The number of carbonyl (C=O) groups is 1. The molecule has 2 N–H and O–H groups in total. The van der Waals surface area contributed by atoms with E-state index in [9.17, 15) is 4.79 Å². The molecule has 0 spiro atoms. The number of nitrogens with zero attached hydrogens (tertiary/aromatic N) is 3. The van der Waals surface area contributed by atoms with E-state index in [2.05, 4.69) is 25.6 Å². The lowest BCUT2D eigenvalue weighted by Crippen LogP contribution is -2.27. The number of amides is 1. The van der Waals surface area contributed by atoms with Crippen molar-refractivity contribution in [3.63, 3.8) is 0 Å². The van der Waals surface area contributed by atoms with Crippen LogP contribution in [0.25, 0.3) is 10.6 Å². The van der Waals surface area contributed by atoms with Gasteiger partial charge < -0.3 is 10.6 Å². The molecular formula is C20H21N5OS. The van der Waals surface area contributed by atoms with Gasteiger partial charge in [0.25, 0.3) is 0 Å². The summed E-state index contributed by atoms with van der Waals surface area (Å²) in [7, 11) is 0. The van der Waals surface area contributed by atoms with Crippen molar-refractivity contribution < 1.29 is 4.79 Å². The summed E-state index contributed by atoms with van der Waals surface area (Å²) in [6.07, 6.45) is 5.59. The number of rotatable bonds is 6. The lowest BCUT2D eigenvalue weighted by atomic mass is 10.3. The maximum absolute atomic E-state index is 11.9. The highest BCUT2D eigenvalue weighted by Gasteiger charge is 2.30. The molecule has 1 amide bonds. The Morgan fingerprint density at radius 3 is 2.85 bits per heavy atom. The molecule has 1 atom stereocenters. The third kappa shape index (κ3) is 4.31. The maximum atomic E-state index is 11.9. The van der Waals surface area contributed by atoms with E-state index in [0.29, 0.717) is 0 Å². The van der Waals surface area contributed by atoms with E-state index in [4.69, 9.17) is 0 Å². The number of carbonyl (C=O) groups excluding carboxylic acids is 1. The van der Waals surface area contributed by atoms with Crippen molar-refractivity contribution in [1.82, 2.24) is 20.3 Å². The van der Waals surface area contributed by atoms with Crippen molar-refractivity contribution in [1.29, 1.82) is 0 Å². The van der Waals surface area contributed by atoms with Gasteiger partial charge in [-0.05, 0) is 56.5 Å². The molecule has 4 rings (SSSR count). The number of aromatic nitrogens is 3. The zero-order chi connectivity index (χ0) is 18.8. The van der Waals surface area contributed by atoms with Crippen LogP contribution in [-0.4, -0.2) is 20.9 Å². The fourth-order valence-corrected chi connectivity index (χ4v) is 3.61. The minimum Gasteiger partial charge on any atom is -0.347 e. The van der Waals surface area contributed by atoms with Crippen LogP contribution in [0, 0.1) is 12.8 Å². The van der Waals surface area contributed by atoms with Gasteiger partial charge in [0.05, 0.1) is 16.6 Å². The van der Waals surface area contributed by atoms with E-state index in [1.807, 2.05) is 50.4 Å². The first-order valence-electron chi connectivity index (χ1n) is 9.02. The molecule has 0 saturated heterocycles. The van der Waals surface area contributed by atoms with Gasteiger partial charge in [-0.1, -0.05) is 6.07 Å². The number of pyridine rings is 2. The average Bonchev–Trinajstić information content (AvgIpc) is 3.38. The molecule has 0 bridgehead atoms. The Morgan fingerprint density at radius 2 is 2.07 bits per heavy atom. The molecule has 138 valence electrons. The number of anilines is 2. The molecule has 3 heterocycles. The fourth-order valence-electron chi connectivity index (χ4n) is 2.72. The SMILES string of the molecule is Cc1ccnc(Nc2cccc(-c3cnc([C@H](C)NC(=O)C4CC4)s3)n2)c1. The second-order valence-corrected chi connectivity index (χ2v) is 7.88. The van der Waals surface area contributed by atoms with Gasteiger partial charge in [-0.15, -0.1) is 11.3 Å². The van der Waals surface area contributed by atoms with Crippen molar-refractivity contribution in [3.05, 3.63) is 53.3 Å². The van der Waals surface area contributed by atoms with Crippen LogP contribution in [0.2, 0.25) is 0 Å². The Morgan fingerprint density at radius 1 is 1.22 bits per heavy atom. The minimum atomic E-state index is -0.0883. The smallest absolute Gasteiger partial charge is 0.223 e. The van der Waals surface area contributed by atoms with Crippen LogP contribution in [0.1, 0.15) is 36.4 Å². The van der Waals surface area contributed by atoms with E-state index in [1.165, 1.54) is 0 Å². The minimum absolute atomic E-state index is 0.0883. The molecular weight excluding hydrogens is 358 g/mol. The normalized spacial score (nSPS) is 14.6. The lowest BCUT2D eigenvalue weighted by molar-refractivity contribution is -0.122. The number of nitrogens with one attached hydrogen (secondary N) is 2. The molecule has 0 aromatic carbocycles. The lowest BCUT2D eigenvalue weighted by Gasteiger charge is -2.10. The molecule has 6 nitrogen and oxygen atoms in total. The van der Waals surface area contributed by atoms with Gasteiger partial charge in [0, 0.05) is 18.3 Å². The monoisotopic (exact) mass is 379 g/mol. The molecule has 0 aliphatic heterocycles. The van der Waals surface area contributed by atoms with Gasteiger partial charge in [-0.2, -0.15) is 0 Å². The Balaban J connectivity index is 1.48. The highest BCUT2D eigenvalue weighted by atomic mass is 32.1. The van der Waals surface area contributed by atoms with E-state index in [1.54, 1.807) is 17.5 Å². The molecule has 3 aromatic rings. The molecule has 27 heavy (non-hydrogen) atoms. The summed E-state index contributed by atoms with van der Waals surface area (Å²) in [4.78, 5) is 26.4. The topological polar surface area (TPSA) is 79.8 Å². The molecule has 3 aromatic heterocycles. The molecule has 7 heteroatoms. The van der Waals surface area contributed by atoms with Gasteiger partial charge >= 0.3 is 0 Å². The highest BCUT2D eigenvalue weighted by molar-refractivity contribution is 7.15. The number of thiazole rings is 1. The second kappa shape index (κ2) is 7.44. The third-order valence-corrected chi connectivity index (χ3v) is 5.58. The first-order chi connectivity index (χ1) is 13.1. The Hall–Kier alpha value is -2.80. The maximum Gasteiger partial charge on any atom is 0.223 e. The summed E-state index contributed by atoms with van der Waals surface area (Å²) >= 11 is 1.55. The molecule has 0 unspecified atom stereocenters. The van der Waals surface area contributed by atoms with E-state index in [0.717, 1.165) is 45.6 Å². The standard InChI is InChI=1S/C20H21N5OS/c1-12-8-9-21-18(10-12)25-17-5-3-4-15(24-17)16-11-22-20(27-16)13(2)23-19(26)14-6-7-14/h3-5,8-11,13-14H,6-7H2,1-2H3,(H,23,26)(H,21,24,25)/t13-/m0/s1. The van der Waals surface area contributed by atoms with Crippen LogP contribution in [0.15, 0.2) is 42.7 Å². The fraction of sp³-hybridized carbons (Fsp3) is 0.300. The molecule has 1 saturated carbocycles. The van der Waals surface area contributed by atoms with Crippen LogP contribution in [-0.2, 0) is 4.79 Å². The molecule has 1 fully saturated rings. The van der Waals surface area contributed by atoms with Crippen LogP contribution in [0.4, 0.5) is 11.6 Å². The predicted octanol–water partition coefficient (Wildman–Crippen LogP) is 4.24. The van der Waals surface area contributed by atoms with Crippen LogP contribution < -0.4 is 10.6 Å². The highest BCUT2D eigenvalue weighted by Crippen LogP contribution is 2.32. The summed E-state index contributed by atoms with van der Waals surface area (Å²) in [5, 5.41) is 7.16. The van der Waals surface area contributed by atoms with Gasteiger partial charge in [0.1, 0.15) is 16.6 Å². The van der Waals surface area contributed by atoms with Crippen LogP contribution in [0.5, 0.6) is 0 Å².